The van der Waals surface area contributed by atoms with E-state index in [9.17, 15) is 9.90 Å². The zero-order chi connectivity index (χ0) is 18.6. The van der Waals surface area contributed by atoms with E-state index in [1.807, 2.05) is 23.1 Å². The highest BCUT2D eigenvalue weighted by Crippen LogP contribution is 2.54. The van der Waals surface area contributed by atoms with Gasteiger partial charge in [0, 0.05) is 34.6 Å². The van der Waals surface area contributed by atoms with Crippen molar-refractivity contribution < 1.29 is 9.90 Å². The second kappa shape index (κ2) is 5.67. The number of nitrogens with one attached hydrogen (secondary N) is 1. The number of aromatic nitrogens is 3. The quantitative estimate of drug-likeness (QED) is 0.702. The van der Waals surface area contributed by atoms with Crippen LogP contribution < -0.4 is 0 Å². The highest BCUT2D eigenvalue weighted by Gasteiger charge is 2.55. The number of para-hydroxylation sites is 1. The van der Waals surface area contributed by atoms with Crippen LogP contribution in [0.15, 0.2) is 49.1 Å². The number of rotatable bonds is 3. The average Bonchev–Trinajstić information content (AvgIpc) is 3.02. The lowest BCUT2D eigenvalue weighted by atomic mass is 9.60. The lowest BCUT2D eigenvalue weighted by Crippen LogP contribution is -2.67. The van der Waals surface area contributed by atoms with E-state index in [1.54, 1.807) is 12.1 Å². The third kappa shape index (κ3) is 2.36. The van der Waals surface area contributed by atoms with Crippen LogP contribution in [-0.4, -0.2) is 43.2 Å². The van der Waals surface area contributed by atoms with Crippen LogP contribution in [0.25, 0.3) is 22.3 Å². The Morgan fingerprint density at radius 1 is 1.30 bits per heavy atom. The minimum Gasteiger partial charge on any atom is -0.507 e. The topological polar surface area (TPSA) is 82.1 Å². The second-order valence-electron chi connectivity index (χ2n) is 7.55. The van der Waals surface area contributed by atoms with E-state index in [0.29, 0.717) is 17.2 Å². The van der Waals surface area contributed by atoms with Crippen LogP contribution in [0.3, 0.4) is 0 Å². The van der Waals surface area contributed by atoms with Gasteiger partial charge in [-0.3, -0.25) is 4.79 Å². The van der Waals surface area contributed by atoms with E-state index in [2.05, 4.69) is 27.8 Å². The van der Waals surface area contributed by atoms with Gasteiger partial charge in [0.2, 0.25) is 5.91 Å². The number of amides is 1. The molecule has 2 fully saturated rings. The standard InChI is InChI=1S/C21H20N4O2/c1-2-19(27)25-8-7-21(25)11-14(12-21)16-9-13-10-17(23-24-20(13)22-16)15-5-3-4-6-18(15)26/h2-6,9-10,14,26H,1,7-8,11-12H2,(H,22,24). The molecule has 1 spiro atoms. The summed E-state index contributed by atoms with van der Waals surface area (Å²) in [5, 5.41) is 19.6. The Labute approximate surface area is 156 Å². The molecule has 3 heterocycles. The van der Waals surface area contributed by atoms with E-state index in [1.165, 1.54) is 6.08 Å². The Balaban J connectivity index is 1.40. The Morgan fingerprint density at radius 2 is 2.11 bits per heavy atom. The Hall–Kier alpha value is -3.15. The smallest absolute Gasteiger partial charge is 0.246 e. The molecule has 2 aromatic heterocycles. The molecule has 1 aliphatic heterocycles. The largest absolute Gasteiger partial charge is 0.507 e. The number of H-pyrrole nitrogens is 1. The number of carbonyl (C=O) groups is 1. The van der Waals surface area contributed by atoms with Gasteiger partial charge >= 0.3 is 0 Å². The van der Waals surface area contributed by atoms with E-state index in [0.717, 1.165) is 42.5 Å². The van der Waals surface area contributed by atoms with Gasteiger partial charge in [-0.1, -0.05) is 18.7 Å². The van der Waals surface area contributed by atoms with Crippen LogP contribution in [0.5, 0.6) is 5.75 Å². The molecule has 0 bridgehead atoms. The van der Waals surface area contributed by atoms with Crippen molar-refractivity contribution in [3.8, 4) is 17.0 Å². The number of hydrogen-bond acceptors (Lipinski definition) is 4. The molecule has 6 nitrogen and oxygen atoms in total. The minimum atomic E-state index is 0.0277. The summed E-state index contributed by atoms with van der Waals surface area (Å²) < 4.78 is 0. The van der Waals surface area contributed by atoms with Gasteiger partial charge in [0.15, 0.2) is 5.65 Å². The van der Waals surface area contributed by atoms with Gasteiger partial charge < -0.3 is 15.0 Å². The summed E-state index contributed by atoms with van der Waals surface area (Å²) in [6, 6.07) is 11.2. The molecule has 6 heteroatoms. The van der Waals surface area contributed by atoms with Gasteiger partial charge in [0.25, 0.3) is 0 Å². The molecule has 2 N–H and O–H groups in total. The molecule has 1 aliphatic carbocycles. The maximum Gasteiger partial charge on any atom is 0.246 e. The minimum absolute atomic E-state index is 0.0277. The molecule has 1 saturated heterocycles. The molecule has 27 heavy (non-hydrogen) atoms. The number of nitrogens with zero attached hydrogens (tertiary/aromatic N) is 3. The summed E-state index contributed by atoms with van der Waals surface area (Å²) in [5.74, 6) is 0.627. The molecule has 136 valence electrons. The van der Waals surface area contributed by atoms with Crippen molar-refractivity contribution in [2.75, 3.05) is 6.54 Å². The number of likely N-dealkylation sites (tertiary alicyclic amines) is 1. The van der Waals surface area contributed by atoms with E-state index in [-0.39, 0.29) is 17.2 Å². The number of benzene rings is 1. The third-order valence-electron chi connectivity index (χ3n) is 6.08. The van der Waals surface area contributed by atoms with Crippen LogP contribution in [0, 0.1) is 0 Å². The van der Waals surface area contributed by atoms with E-state index < -0.39 is 0 Å². The summed E-state index contributed by atoms with van der Waals surface area (Å²) in [4.78, 5) is 17.3. The van der Waals surface area contributed by atoms with Gasteiger partial charge in [0.05, 0.1) is 5.69 Å². The first-order chi connectivity index (χ1) is 13.1. The normalized spacial score (nSPS) is 23.9. The third-order valence-corrected chi connectivity index (χ3v) is 6.08. The Morgan fingerprint density at radius 3 is 2.81 bits per heavy atom. The molecular weight excluding hydrogens is 340 g/mol. The Bertz CT molecular complexity index is 1060. The van der Waals surface area contributed by atoms with Gasteiger partial charge in [-0.2, -0.15) is 0 Å². The summed E-state index contributed by atoms with van der Waals surface area (Å²) in [7, 11) is 0. The Kier molecular flexibility index (Phi) is 3.37. The lowest BCUT2D eigenvalue weighted by molar-refractivity contribution is -0.152. The molecule has 0 radical (unpaired) electrons. The van der Waals surface area contributed by atoms with E-state index in [4.69, 9.17) is 0 Å². The van der Waals surface area contributed by atoms with Crippen molar-refractivity contribution in [2.24, 2.45) is 0 Å². The zero-order valence-corrected chi connectivity index (χ0v) is 14.9. The number of phenolic OH excluding ortho intramolecular Hbond substituents is 1. The van der Waals surface area contributed by atoms with Crippen molar-refractivity contribution in [1.29, 1.82) is 0 Å². The van der Waals surface area contributed by atoms with Crippen LogP contribution in [0.4, 0.5) is 0 Å². The number of aromatic amines is 1. The molecule has 0 unspecified atom stereocenters. The molecule has 1 saturated carbocycles. The molecule has 1 amide bonds. The zero-order valence-electron chi connectivity index (χ0n) is 14.9. The van der Waals surface area contributed by atoms with Crippen molar-refractivity contribution in [3.63, 3.8) is 0 Å². The fourth-order valence-electron chi connectivity index (χ4n) is 4.49. The second-order valence-corrected chi connectivity index (χ2v) is 7.55. The maximum absolute atomic E-state index is 11.9. The number of fused-ring (bicyclic) bond motifs is 1. The molecule has 5 rings (SSSR count). The van der Waals surface area contributed by atoms with Gasteiger partial charge in [-0.25, -0.2) is 0 Å². The number of carbonyl (C=O) groups excluding carboxylic acids is 1. The first kappa shape index (κ1) is 16.1. The first-order valence-corrected chi connectivity index (χ1v) is 9.18. The van der Waals surface area contributed by atoms with Crippen molar-refractivity contribution in [2.45, 2.75) is 30.7 Å². The first-order valence-electron chi connectivity index (χ1n) is 9.18. The monoisotopic (exact) mass is 360 g/mol. The maximum atomic E-state index is 11.9. The van der Waals surface area contributed by atoms with Crippen LogP contribution in [0.2, 0.25) is 0 Å². The van der Waals surface area contributed by atoms with Crippen molar-refractivity contribution in [1.82, 2.24) is 20.1 Å². The fourth-order valence-corrected chi connectivity index (χ4v) is 4.49. The van der Waals surface area contributed by atoms with Gasteiger partial charge in [-0.05, 0) is 49.6 Å². The average molecular weight is 360 g/mol. The molecule has 3 aromatic rings. The lowest BCUT2D eigenvalue weighted by Gasteiger charge is -2.61. The number of aromatic hydroxyl groups is 1. The highest BCUT2D eigenvalue weighted by molar-refractivity contribution is 5.88. The summed E-state index contributed by atoms with van der Waals surface area (Å²) >= 11 is 0. The fraction of sp³-hybridized carbons (Fsp3) is 0.286. The van der Waals surface area contributed by atoms with Gasteiger partial charge in [0.1, 0.15) is 5.75 Å². The van der Waals surface area contributed by atoms with Crippen LogP contribution >= 0.6 is 0 Å². The summed E-state index contributed by atoms with van der Waals surface area (Å²) in [5.41, 5.74) is 3.23. The SMILES string of the molecule is C=CC(=O)N1CCC12CC(c1cc3cc(-c4ccccc4O)nnc3[nH]1)C2. The van der Waals surface area contributed by atoms with Crippen molar-refractivity contribution >= 4 is 16.9 Å². The van der Waals surface area contributed by atoms with Crippen LogP contribution in [-0.2, 0) is 4.79 Å². The summed E-state index contributed by atoms with van der Waals surface area (Å²) in [6.07, 6.45) is 4.42. The van der Waals surface area contributed by atoms with E-state index >= 15 is 0 Å². The van der Waals surface area contributed by atoms with Crippen molar-refractivity contribution in [3.05, 3.63) is 54.7 Å². The predicted octanol–water partition coefficient (Wildman–Crippen LogP) is 3.37. The van der Waals surface area contributed by atoms with Crippen LogP contribution in [0.1, 0.15) is 30.9 Å². The highest BCUT2D eigenvalue weighted by atomic mass is 16.3. The number of hydrogen-bond donors (Lipinski definition) is 2. The molecule has 1 aromatic carbocycles. The molecule has 2 aliphatic rings. The predicted molar refractivity (Wildman–Crippen MR) is 102 cm³/mol. The number of phenols is 1. The molecule has 0 atom stereocenters. The summed E-state index contributed by atoms with van der Waals surface area (Å²) in [6.45, 7) is 4.44. The van der Waals surface area contributed by atoms with Gasteiger partial charge in [-0.15, -0.1) is 10.2 Å². The molecular formula is C21H20N4O2.